The summed E-state index contributed by atoms with van der Waals surface area (Å²) < 4.78 is 35.5. The highest BCUT2D eigenvalue weighted by molar-refractivity contribution is 7.89. The Morgan fingerprint density at radius 1 is 1.33 bits per heavy atom. The molecule has 18 heavy (non-hydrogen) atoms. The number of esters is 1. The number of rotatable bonds is 7. The molecule has 0 amide bonds. The summed E-state index contributed by atoms with van der Waals surface area (Å²) in [7, 11) is -3.53. The highest BCUT2D eigenvalue weighted by Crippen LogP contribution is 2.08. The molecule has 108 valence electrons. The van der Waals surface area contributed by atoms with Gasteiger partial charge < -0.3 is 9.47 Å². The summed E-state index contributed by atoms with van der Waals surface area (Å²) in [6.07, 6.45) is 0. The van der Waals surface area contributed by atoms with Crippen molar-refractivity contribution in [2.45, 2.75) is 46.3 Å². The molecule has 0 aromatic heterocycles. The van der Waals surface area contributed by atoms with Crippen molar-refractivity contribution in [2.75, 3.05) is 19.0 Å². The molecule has 0 aliphatic heterocycles. The van der Waals surface area contributed by atoms with Crippen molar-refractivity contribution in [3.05, 3.63) is 0 Å². The van der Waals surface area contributed by atoms with Gasteiger partial charge in [-0.3, -0.25) is 4.79 Å². The van der Waals surface area contributed by atoms with E-state index < -0.39 is 27.6 Å². The maximum absolute atomic E-state index is 11.6. The van der Waals surface area contributed by atoms with Gasteiger partial charge in [-0.2, -0.15) is 0 Å². The normalized spacial score (nSPS) is 14.3. The SMILES string of the molecule is CCOCCS(=O)(=O)N[C@H](C)C(=O)OC(C)(C)C. The molecule has 0 aromatic rings. The van der Waals surface area contributed by atoms with Crippen LogP contribution in [0, 0.1) is 0 Å². The van der Waals surface area contributed by atoms with Gasteiger partial charge in [0.1, 0.15) is 11.6 Å². The number of carbonyl (C=O) groups is 1. The van der Waals surface area contributed by atoms with Gasteiger partial charge in [-0.05, 0) is 34.6 Å². The molecule has 0 saturated carbocycles. The molecular formula is C11H23NO5S. The molecule has 0 rings (SSSR count). The number of sulfonamides is 1. The maximum Gasteiger partial charge on any atom is 0.324 e. The van der Waals surface area contributed by atoms with Crippen molar-refractivity contribution in [2.24, 2.45) is 0 Å². The fraction of sp³-hybridized carbons (Fsp3) is 0.909. The molecule has 0 radical (unpaired) electrons. The molecule has 0 spiro atoms. The second kappa shape index (κ2) is 7.06. The molecule has 0 fully saturated rings. The van der Waals surface area contributed by atoms with Gasteiger partial charge in [-0.25, -0.2) is 13.1 Å². The molecule has 0 aromatic carbocycles. The first kappa shape index (κ1) is 17.3. The van der Waals surface area contributed by atoms with Crippen LogP contribution in [0.1, 0.15) is 34.6 Å². The summed E-state index contributed by atoms with van der Waals surface area (Å²) in [5, 5.41) is 0. The van der Waals surface area contributed by atoms with E-state index in [-0.39, 0.29) is 12.4 Å². The molecule has 6 nitrogen and oxygen atoms in total. The van der Waals surface area contributed by atoms with Crippen molar-refractivity contribution < 1.29 is 22.7 Å². The fourth-order valence-corrected chi connectivity index (χ4v) is 2.17. The lowest BCUT2D eigenvalue weighted by molar-refractivity contribution is -0.156. The fourth-order valence-electron chi connectivity index (χ4n) is 1.08. The molecule has 0 aliphatic rings. The molecule has 0 saturated heterocycles. The summed E-state index contributed by atoms with van der Waals surface area (Å²) in [4.78, 5) is 11.6. The largest absolute Gasteiger partial charge is 0.459 e. The van der Waals surface area contributed by atoms with E-state index in [9.17, 15) is 13.2 Å². The van der Waals surface area contributed by atoms with Crippen LogP contribution in [0.15, 0.2) is 0 Å². The highest BCUT2D eigenvalue weighted by atomic mass is 32.2. The molecule has 0 bridgehead atoms. The van der Waals surface area contributed by atoms with Crippen LogP contribution >= 0.6 is 0 Å². The average Bonchev–Trinajstić information content (AvgIpc) is 2.14. The van der Waals surface area contributed by atoms with Crippen LogP contribution < -0.4 is 4.72 Å². The zero-order valence-electron chi connectivity index (χ0n) is 11.6. The van der Waals surface area contributed by atoms with Crippen LogP contribution in [0.3, 0.4) is 0 Å². The van der Waals surface area contributed by atoms with Gasteiger partial charge in [0.15, 0.2) is 0 Å². The standard InChI is InChI=1S/C11H23NO5S/c1-6-16-7-8-18(14,15)12-9(2)10(13)17-11(3,4)5/h9,12H,6-8H2,1-5H3/t9-/m1/s1. The minimum Gasteiger partial charge on any atom is -0.459 e. The molecule has 7 heteroatoms. The van der Waals surface area contributed by atoms with E-state index in [4.69, 9.17) is 9.47 Å². The van der Waals surface area contributed by atoms with Gasteiger partial charge in [0.2, 0.25) is 10.0 Å². The van der Waals surface area contributed by atoms with Crippen LogP contribution in [-0.4, -0.2) is 45.0 Å². The zero-order chi connectivity index (χ0) is 14.4. The molecule has 1 atom stereocenters. The van der Waals surface area contributed by atoms with Crippen LogP contribution in [0.2, 0.25) is 0 Å². The maximum atomic E-state index is 11.6. The van der Waals surface area contributed by atoms with Crippen molar-refractivity contribution in [1.82, 2.24) is 4.72 Å². The first-order chi connectivity index (χ1) is 8.07. The molecule has 0 aliphatic carbocycles. The number of nitrogens with one attached hydrogen (secondary N) is 1. The predicted molar refractivity (Wildman–Crippen MR) is 68.7 cm³/mol. The van der Waals surface area contributed by atoms with E-state index in [0.717, 1.165) is 0 Å². The zero-order valence-corrected chi connectivity index (χ0v) is 12.5. The monoisotopic (exact) mass is 281 g/mol. The first-order valence-electron chi connectivity index (χ1n) is 5.88. The van der Waals surface area contributed by atoms with E-state index in [2.05, 4.69) is 4.72 Å². The summed E-state index contributed by atoms with van der Waals surface area (Å²) in [6.45, 7) is 8.96. The van der Waals surface area contributed by atoms with Crippen LogP contribution in [0.5, 0.6) is 0 Å². The van der Waals surface area contributed by atoms with Crippen molar-refractivity contribution in [3.63, 3.8) is 0 Å². The second-order valence-corrected chi connectivity index (χ2v) is 6.76. The summed E-state index contributed by atoms with van der Waals surface area (Å²) >= 11 is 0. The summed E-state index contributed by atoms with van der Waals surface area (Å²) in [5.74, 6) is -0.768. The van der Waals surface area contributed by atoms with E-state index in [0.29, 0.717) is 6.61 Å². The van der Waals surface area contributed by atoms with Gasteiger partial charge in [0.25, 0.3) is 0 Å². The van der Waals surface area contributed by atoms with Gasteiger partial charge >= 0.3 is 5.97 Å². The molecular weight excluding hydrogens is 258 g/mol. The Hall–Kier alpha value is -0.660. The number of hydrogen-bond acceptors (Lipinski definition) is 5. The second-order valence-electron chi connectivity index (χ2n) is 4.89. The Morgan fingerprint density at radius 2 is 1.89 bits per heavy atom. The average molecular weight is 281 g/mol. The third-order valence-electron chi connectivity index (χ3n) is 1.82. The van der Waals surface area contributed by atoms with Gasteiger partial charge in [-0.15, -0.1) is 0 Å². The summed E-state index contributed by atoms with van der Waals surface area (Å²) in [6, 6.07) is -0.907. The third-order valence-corrected chi connectivity index (χ3v) is 3.23. The number of hydrogen-bond donors (Lipinski definition) is 1. The van der Waals surface area contributed by atoms with Crippen molar-refractivity contribution in [3.8, 4) is 0 Å². The van der Waals surface area contributed by atoms with Gasteiger partial charge in [0, 0.05) is 6.61 Å². The van der Waals surface area contributed by atoms with Crippen molar-refractivity contribution in [1.29, 1.82) is 0 Å². The van der Waals surface area contributed by atoms with Crippen LogP contribution in [0.25, 0.3) is 0 Å². The van der Waals surface area contributed by atoms with E-state index in [1.165, 1.54) is 6.92 Å². The van der Waals surface area contributed by atoms with Gasteiger partial charge in [0.05, 0.1) is 12.4 Å². The van der Waals surface area contributed by atoms with E-state index >= 15 is 0 Å². The lowest BCUT2D eigenvalue weighted by atomic mass is 10.2. The first-order valence-corrected chi connectivity index (χ1v) is 7.53. The highest BCUT2D eigenvalue weighted by Gasteiger charge is 2.25. The molecule has 0 heterocycles. The summed E-state index contributed by atoms with van der Waals surface area (Å²) in [5.41, 5.74) is -0.637. The Bertz CT molecular complexity index is 358. The third kappa shape index (κ3) is 8.43. The van der Waals surface area contributed by atoms with Crippen molar-refractivity contribution >= 4 is 16.0 Å². The number of carbonyl (C=O) groups excluding carboxylic acids is 1. The quantitative estimate of drug-likeness (QED) is 0.548. The number of ether oxygens (including phenoxy) is 2. The topological polar surface area (TPSA) is 81.7 Å². The predicted octanol–water partition coefficient (Wildman–Crippen LogP) is 0.673. The Morgan fingerprint density at radius 3 is 2.33 bits per heavy atom. The van der Waals surface area contributed by atoms with E-state index in [1.54, 1.807) is 27.7 Å². The van der Waals surface area contributed by atoms with Gasteiger partial charge in [-0.1, -0.05) is 0 Å². The van der Waals surface area contributed by atoms with Crippen LogP contribution in [-0.2, 0) is 24.3 Å². The minimum atomic E-state index is -3.53. The Kier molecular flexibility index (Phi) is 6.80. The minimum absolute atomic E-state index is 0.104. The lowest BCUT2D eigenvalue weighted by Gasteiger charge is -2.22. The smallest absolute Gasteiger partial charge is 0.324 e. The van der Waals surface area contributed by atoms with E-state index in [1.807, 2.05) is 0 Å². The molecule has 1 N–H and O–H groups in total. The Balaban J connectivity index is 4.29. The Labute approximate surface area is 109 Å². The lowest BCUT2D eigenvalue weighted by Crippen LogP contribution is -2.43. The van der Waals surface area contributed by atoms with Crippen LogP contribution in [0.4, 0.5) is 0 Å². The molecule has 0 unspecified atom stereocenters.